The Hall–Kier alpha value is -2.47. The SMILES string of the molecule is Cc1ccccc1OCC[S@@](=O)Cc1coc(-c2ccc(F)cc2)n1. The predicted molar refractivity (Wildman–Crippen MR) is 95.3 cm³/mol. The number of halogens is 1. The summed E-state index contributed by atoms with van der Waals surface area (Å²) < 4.78 is 36.2. The second-order valence-electron chi connectivity index (χ2n) is 5.55. The molecule has 25 heavy (non-hydrogen) atoms. The van der Waals surface area contributed by atoms with E-state index in [1.54, 1.807) is 12.1 Å². The topological polar surface area (TPSA) is 52.3 Å². The molecule has 0 aliphatic rings. The lowest BCUT2D eigenvalue weighted by Gasteiger charge is -2.08. The molecule has 0 aliphatic heterocycles. The maximum atomic E-state index is 12.9. The lowest BCUT2D eigenvalue weighted by Crippen LogP contribution is -2.10. The maximum absolute atomic E-state index is 12.9. The van der Waals surface area contributed by atoms with E-state index in [-0.39, 0.29) is 5.82 Å². The third kappa shape index (κ3) is 4.76. The summed E-state index contributed by atoms with van der Waals surface area (Å²) in [6.07, 6.45) is 1.48. The number of benzene rings is 2. The van der Waals surface area contributed by atoms with Gasteiger partial charge in [0.2, 0.25) is 5.89 Å². The largest absolute Gasteiger partial charge is 0.492 e. The number of nitrogens with zero attached hydrogens (tertiary/aromatic N) is 1. The van der Waals surface area contributed by atoms with Crippen LogP contribution in [0.25, 0.3) is 11.5 Å². The zero-order valence-corrected chi connectivity index (χ0v) is 14.6. The Labute approximate surface area is 148 Å². The normalized spacial score (nSPS) is 12.1. The van der Waals surface area contributed by atoms with E-state index in [4.69, 9.17) is 9.15 Å². The molecule has 1 heterocycles. The van der Waals surface area contributed by atoms with Crippen LogP contribution in [-0.2, 0) is 16.6 Å². The summed E-state index contributed by atoms with van der Waals surface area (Å²) in [5.74, 6) is 1.59. The van der Waals surface area contributed by atoms with Crippen LogP contribution < -0.4 is 4.74 Å². The molecule has 0 unspecified atom stereocenters. The van der Waals surface area contributed by atoms with E-state index in [0.29, 0.717) is 35.3 Å². The van der Waals surface area contributed by atoms with E-state index in [1.807, 2.05) is 31.2 Å². The smallest absolute Gasteiger partial charge is 0.226 e. The van der Waals surface area contributed by atoms with Crippen molar-refractivity contribution in [3.8, 4) is 17.2 Å². The molecule has 6 heteroatoms. The van der Waals surface area contributed by atoms with Crippen molar-refractivity contribution in [1.29, 1.82) is 0 Å². The summed E-state index contributed by atoms with van der Waals surface area (Å²) in [5, 5.41) is 0. The first-order chi connectivity index (χ1) is 12.1. The van der Waals surface area contributed by atoms with Crippen molar-refractivity contribution in [2.45, 2.75) is 12.7 Å². The third-order valence-corrected chi connectivity index (χ3v) is 4.85. The van der Waals surface area contributed by atoms with Gasteiger partial charge >= 0.3 is 0 Å². The van der Waals surface area contributed by atoms with Crippen molar-refractivity contribution in [1.82, 2.24) is 4.98 Å². The Morgan fingerprint density at radius 1 is 1.16 bits per heavy atom. The zero-order chi connectivity index (χ0) is 17.6. The van der Waals surface area contributed by atoms with Gasteiger partial charge in [0.15, 0.2) is 0 Å². The average Bonchev–Trinajstić information content (AvgIpc) is 3.05. The van der Waals surface area contributed by atoms with Crippen LogP contribution in [0.15, 0.2) is 59.2 Å². The summed E-state index contributed by atoms with van der Waals surface area (Å²) in [5.41, 5.74) is 2.34. The van der Waals surface area contributed by atoms with Crippen LogP contribution in [0.2, 0.25) is 0 Å². The molecule has 0 amide bonds. The van der Waals surface area contributed by atoms with Crippen LogP contribution in [0.1, 0.15) is 11.3 Å². The maximum Gasteiger partial charge on any atom is 0.226 e. The number of rotatable bonds is 7. The summed E-state index contributed by atoms with van der Waals surface area (Å²) in [6, 6.07) is 13.6. The molecule has 4 nitrogen and oxygen atoms in total. The summed E-state index contributed by atoms with van der Waals surface area (Å²) in [7, 11) is -1.11. The molecule has 3 rings (SSSR count). The molecule has 0 saturated heterocycles. The number of para-hydroxylation sites is 1. The highest BCUT2D eigenvalue weighted by atomic mass is 32.2. The van der Waals surface area contributed by atoms with Crippen LogP contribution in [-0.4, -0.2) is 21.6 Å². The van der Waals surface area contributed by atoms with Crippen molar-refractivity contribution >= 4 is 10.8 Å². The van der Waals surface area contributed by atoms with Crippen molar-refractivity contribution in [2.24, 2.45) is 0 Å². The van der Waals surface area contributed by atoms with Gasteiger partial charge in [0, 0.05) is 16.4 Å². The minimum atomic E-state index is -1.11. The van der Waals surface area contributed by atoms with Crippen molar-refractivity contribution < 1.29 is 17.8 Å². The molecule has 0 bridgehead atoms. The van der Waals surface area contributed by atoms with E-state index in [2.05, 4.69) is 4.98 Å². The molecule has 1 atom stereocenters. The molecule has 0 fully saturated rings. The molecule has 2 aromatic carbocycles. The number of hydrogen-bond donors (Lipinski definition) is 0. The number of aromatic nitrogens is 1. The standard InChI is InChI=1S/C19H18FNO3S/c1-14-4-2-3-5-18(14)23-10-11-25(22)13-17-12-24-19(21-17)15-6-8-16(20)9-7-15/h2-9,12H,10-11,13H2,1H3/t25-/m1/s1. The Balaban J connectivity index is 1.51. The zero-order valence-electron chi connectivity index (χ0n) is 13.8. The first-order valence-electron chi connectivity index (χ1n) is 7.85. The van der Waals surface area contributed by atoms with Gasteiger partial charge in [0.05, 0.1) is 23.8 Å². The fourth-order valence-corrected chi connectivity index (χ4v) is 3.17. The van der Waals surface area contributed by atoms with E-state index in [1.165, 1.54) is 18.4 Å². The fraction of sp³-hybridized carbons (Fsp3) is 0.211. The van der Waals surface area contributed by atoms with Gasteiger partial charge < -0.3 is 9.15 Å². The van der Waals surface area contributed by atoms with Gasteiger partial charge in [0.25, 0.3) is 0 Å². The molecule has 0 radical (unpaired) electrons. The van der Waals surface area contributed by atoms with Crippen molar-refractivity contribution in [2.75, 3.05) is 12.4 Å². The van der Waals surface area contributed by atoms with E-state index in [9.17, 15) is 8.60 Å². The van der Waals surface area contributed by atoms with Gasteiger partial charge in [-0.3, -0.25) is 4.21 Å². The van der Waals surface area contributed by atoms with Crippen molar-refractivity contribution in [3.05, 3.63) is 71.9 Å². The second-order valence-corrected chi connectivity index (χ2v) is 7.13. The van der Waals surface area contributed by atoms with E-state index < -0.39 is 10.8 Å². The minimum Gasteiger partial charge on any atom is -0.492 e. The Kier molecular flexibility index (Phi) is 5.60. The van der Waals surface area contributed by atoms with Gasteiger partial charge in [-0.1, -0.05) is 18.2 Å². The first-order valence-corrected chi connectivity index (χ1v) is 9.34. The van der Waals surface area contributed by atoms with Gasteiger partial charge in [-0.15, -0.1) is 0 Å². The molecule has 0 spiro atoms. The fourth-order valence-electron chi connectivity index (χ4n) is 2.30. The second kappa shape index (κ2) is 8.07. The first kappa shape index (κ1) is 17.4. The third-order valence-electron chi connectivity index (χ3n) is 3.61. The van der Waals surface area contributed by atoms with Gasteiger partial charge in [-0.05, 0) is 42.8 Å². The Morgan fingerprint density at radius 2 is 1.92 bits per heavy atom. The Morgan fingerprint density at radius 3 is 2.68 bits per heavy atom. The van der Waals surface area contributed by atoms with Gasteiger partial charge in [-0.25, -0.2) is 9.37 Å². The average molecular weight is 359 g/mol. The molecule has 0 aliphatic carbocycles. The molecule has 130 valence electrons. The van der Waals surface area contributed by atoms with Crippen LogP contribution in [0, 0.1) is 12.7 Å². The van der Waals surface area contributed by atoms with Crippen LogP contribution >= 0.6 is 0 Å². The van der Waals surface area contributed by atoms with Crippen LogP contribution in [0.3, 0.4) is 0 Å². The molecule has 3 aromatic rings. The highest BCUT2D eigenvalue weighted by Crippen LogP contribution is 2.20. The molecular formula is C19H18FNO3S. The molecule has 0 saturated carbocycles. The molecule has 1 aromatic heterocycles. The molecular weight excluding hydrogens is 341 g/mol. The summed E-state index contributed by atoms with van der Waals surface area (Å²) in [4.78, 5) is 4.31. The van der Waals surface area contributed by atoms with Crippen molar-refractivity contribution in [3.63, 3.8) is 0 Å². The lowest BCUT2D eigenvalue weighted by molar-refractivity contribution is 0.340. The Bertz CT molecular complexity index is 861. The highest BCUT2D eigenvalue weighted by Gasteiger charge is 2.10. The quantitative estimate of drug-likeness (QED) is 0.637. The summed E-state index contributed by atoms with van der Waals surface area (Å²) >= 11 is 0. The summed E-state index contributed by atoms with van der Waals surface area (Å²) in [6.45, 7) is 2.35. The van der Waals surface area contributed by atoms with E-state index >= 15 is 0 Å². The number of aryl methyl sites for hydroxylation is 1. The monoisotopic (exact) mass is 359 g/mol. The van der Waals surface area contributed by atoms with Gasteiger partial charge in [-0.2, -0.15) is 0 Å². The number of ether oxygens (including phenoxy) is 1. The van der Waals surface area contributed by atoms with Gasteiger partial charge in [0.1, 0.15) is 17.8 Å². The highest BCUT2D eigenvalue weighted by molar-refractivity contribution is 7.84. The van der Waals surface area contributed by atoms with E-state index in [0.717, 1.165) is 11.3 Å². The predicted octanol–water partition coefficient (Wildman–Crippen LogP) is 4.12. The van der Waals surface area contributed by atoms with Crippen LogP contribution in [0.4, 0.5) is 4.39 Å². The number of oxazole rings is 1. The van der Waals surface area contributed by atoms with Crippen LogP contribution in [0.5, 0.6) is 5.75 Å². The molecule has 0 N–H and O–H groups in total. The minimum absolute atomic E-state index is 0.293. The lowest BCUT2D eigenvalue weighted by atomic mass is 10.2. The number of hydrogen-bond acceptors (Lipinski definition) is 4.